The van der Waals surface area contributed by atoms with Crippen molar-refractivity contribution in [3.8, 4) is 5.69 Å². The minimum Gasteiger partial charge on any atom is -0.295 e. The van der Waals surface area contributed by atoms with Gasteiger partial charge in [-0.15, -0.1) is 0 Å². The van der Waals surface area contributed by atoms with Crippen LogP contribution < -0.4 is 5.56 Å². The third-order valence-corrected chi connectivity index (χ3v) is 2.44. The molecule has 1 aromatic carbocycles. The van der Waals surface area contributed by atoms with Crippen LogP contribution in [-0.2, 0) is 0 Å². The SMILES string of the molecule is CC.CC(=O)c1c(C)[nH]n(-c2ccccc2)c1=O. The smallest absolute Gasteiger partial charge is 0.282 e. The summed E-state index contributed by atoms with van der Waals surface area (Å²) < 4.78 is 1.38. The van der Waals surface area contributed by atoms with Crippen molar-refractivity contribution < 1.29 is 4.79 Å². The number of aromatic amines is 1. The molecule has 4 nitrogen and oxygen atoms in total. The number of carbonyl (C=O) groups excluding carboxylic acids is 1. The van der Waals surface area contributed by atoms with Gasteiger partial charge in [-0.25, -0.2) is 4.68 Å². The Balaban J connectivity index is 0.000000771. The number of carbonyl (C=O) groups is 1. The summed E-state index contributed by atoms with van der Waals surface area (Å²) in [7, 11) is 0. The molecule has 4 heteroatoms. The number of benzene rings is 1. The molecular weight excluding hydrogens is 228 g/mol. The average molecular weight is 246 g/mol. The molecule has 2 rings (SSSR count). The van der Waals surface area contributed by atoms with Gasteiger partial charge < -0.3 is 0 Å². The third-order valence-electron chi connectivity index (χ3n) is 2.44. The zero-order chi connectivity index (χ0) is 13.7. The van der Waals surface area contributed by atoms with E-state index in [1.165, 1.54) is 11.6 Å². The second-order valence-electron chi connectivity index (χ2n) is 3.64. The summed E-state index contributed by atoms with van der Waals surface area (Å²) in [5.41, 5.74) is 1.25. The van der Waals surface area contributed by atoms with Crippen LogP contribution in [0.2, 0.25) is 0 Å². The molecule has 0 unspecified atom stereocenters. The number of nitrogens with zero attached hydrogens (tertiary/aromatic N) is 1. The van der Waals surface area contributed by atoms with Crippen LogP contribution in [0.5, 0.6) is 0 Å². The first-order valence-corrected chi connectivity index (χ1v) is 5.99. The maximum atomic E-state index is 11.9. The van der Waals surface area contributed by atoms with E-state index < -0.39 is 0 Å². The fourth-order valence-corrected chi connectivity index (χ4v) is 1.72. The molecular formula is C14H18N2O2. The fraction of sp³-hybridized carbons (Fsp3) is 0.286. The zero-order valence-electron chi connectivity index (χ0n) is 11.2. The van der Waals surface area contributed by atoms with Gasteiger partial charge in [0, 0.05) is 5.69 Å². The van der Waals surface area contributed by atoms with Crippen molar-refractivity contribution in [1.82, 2.24) is 9.78 Å². The lowest BCUT2D eigenvalue weighted by Crippen LogP contribution is -2.19. The van der Waals surface area contributed by atoms with E-state index in [-0.39, 0.29) is 16.9 Å². The number of aryl methyl sites for hydroxylation is 1. The standard InChI is InChI=1S/C12H12N2O2.C2H6/c1-8-11(9(2)15)12(16)14(13-8)10-6-4-3-5-7-10;1-2/h3-7,13H,1-2H3;1-2H3. The second kappa shape index (κ2) is 6.00. The first-order valence-electron chi connectivity index (χ1n) is 5.99. The normalized spacial score (nSPS) is 9.56. The Kier molecular flexibility index (Phi) is 4.66. The highest BCUT2D eigenvalue weighted by Gasteiger charge is 2.15. The van der Waals surface area contributed by atoms with Crippen LogP contribution in [0.15, 0.2) is 35.1 Å². The van der Waals surface area contributed by atoms with Crippen molar-refractivity contribution in [3.63, 3.8) is 0 Å². The Morgan fingerprint density at radius 3 is 2.17 bits per heavy atom. The van der Waals surface area contributed by atoms with E-state index in [0.717, 1.165) is 5.69 Å². The van der Waals surface area contributed by atoms with Crippen LogP contribution in [0.4, 0.5) is 0 Å². The van der Waals surface area contributed by atoms with E-state index >= 15 is 0 Å². The number of Topliss-reactive ketones (excluding diaryl/α,β-unsaturated/α-hetero) is 1. The van der Waals surface area contributed by atoms with Crippen molar-refractivity contribution in [3.05, 3.63) is 51.9 Å². The van der Waals surface area contributed by atoms with Gasteiger partial charge in [0.2, 0.25) is 0 Å². The quantitative estimate of drug-likeness (QED) is 0.828. The summed E-state index contributed by atoms with van der Waals surface area (Å²) in [5, 5.41) is 2.89. The van der Waals surface area contributed by atoms with Crippen LogP contribution in [-0.4, -0.2) is 15.6 Å². The molecule has 1 N–H and O–H groups in total. The van der Waals surface area contributed by atoms with Gasteiger partial charge in [-0.1, -0.05) is 32.0 Å². The summed E-state index contributed by atoms with van der Waals surface area (Å²) in [5.74, 6) is -0.214. The van der Waals surface area contributed by atoms with Crippen LogP contribution in [0, 0.1) is 6.92 Å². The highest BCUT2D eigenvalue weighted by molar-refractivity contribution is 5.94. The Morgan fingerprint density at radius 2 is 1.72 bits per heavy atom. The van der Waals surface area contributed by atoms with Crippen molar-refractivity contribution in [2.45, 2.75) is 27.7 Å². The molecule has 0 aliphatic rings. The van der Waals surface area contributed by atoms with Gasteiger partial charge in [-0.3, -0.25) is 14.7 Å². The summed E-state index contributed by atoms with van der Waals surface area (Å²) in [6.45, 7) is 7.12. The predicted molar refractivity (Wildman–Crippen MR) is 72.5 cm³/mol. The Labute approximate surface area is 106 Å². The van der Waals surface area contributed by atoms with Crippen LogP contribution in [0.3, 0.4) is 0 Å². The Morgan fingerprint density at radius 1 is 1.17 bits per heavy atom. The summed E-state index contributed by atoms with van der Waals surface area (Å²) in [6.07, 6.45) is 0. The number of H-pyrrole nitrogens is 1. The maximum Gasteiger partial charge on any atom is 0.282 e. The summed E-state index contributed by atoms with van der Waals surface area (Å²) in [4.78, 5) is 23.2. The molecule has 0 aliphatic carbocycles. The lowest BCUT2D eigenvalue weighted by molar-refractivity contribution is 0.101. The molecule has 0 saturated carbocycles. The fourth-order valence-electron chi connectivity index (χ4n) is 1.72. The van der Waals surface area contributed by atoms with E-state index in [2.05, 4.69) is 5.10 Å². The molecule has 0 saturated heterocycles. The molecule has 0 atom stereocenters. The maximum absolute atomic E-state index is 11.9. The van der Waals surface area contributed by atoms with E-state index in [4.69, 9.17) is 0 Å². The molecule has 2 aromatic rings. The Bertz CT molecular complexity index is 580. The molecule has 1 heterocycles. The Hall–Kier alpha value is -2.10. The highest BCUT2D eigenvalue weighted by atomic mass is 16.2. The topological polar surface area (TPSA) is 54.9 Å². The number of ketones is 1. The van der Waals surface area contributed by atoms with Crippen molar-refractivity contribution >= 4 is 5.78 Å². The number of hydrogen-bond donors (Lipinski definition) is 1. The first kappa shape index (κ1) is 14.0. The number of hydrogen-bond acceptors (Lipinski definition) is 2. The van der Waals surface area contributed by atoms with Crippen LogP contribution in [0.25, 0.3) is 5.69 Å². The van der Waals surface area contributed by atoms with Crippen molar-refractivity contribution in [2.24, 2.45) is 0 Å². The summed E-state index contributed by atoms with van der Waals surface area (Å²) >= 11 is 0. The van der Waals surface area contributed by atoms with Gasteiger partial charge in [-0.2, -0.15) is 0 Å². The lowest BCUT2D eigenvalue weighted by Gasteiger charge is -1.99. The molecule has 0 spiro atoms. The van der Waals surface area contributed by atoms with Gasteiger partial charge in [0.15, 0.2) is 5.78 Å². The third kappa shape index (κ3) is 2.59. The number of nitrogens with one attached hydrogen (secondary N) is 1. The van der Waals surface area contributed by atoms with Gasteiger partial charge in [0.05, 0.1) is 5.69 Å². The minimum atomic E-state index is -0.295. The number of para-hydroxylation sites is 1. The lowest BCUT2D eigenvalue weighted by atomic mass is 10.2. The van der Waals surface area contributed by atoms with Crippen molar-refractivity contribution in [1.29, 1.82) is 0 Å². The average Bonchev–Trinajstić information content (AvgIpc) is 2.68. The summed E-state index contributed by atoms with van der Waals surface area (Å²) in [6, 6.07) is 9.16. The molecule has 96 valence electrons. The van der Waals surface area contributed by atoms with Gasteiger partial charge >= 0.3 is 0 Å². The first-order chi connectivity index (χ1) is 8.61. The van der Waals surface area contributed by atoms with Gasteiger partial charge in [0.1, 0.15) is 5.56 Å². The molecule has 1 aromatic heterocycles. The highest BCUT2D eigenvalue weighted by Crippen LogP contribution is 2.06. The molecule has 0 amide bonds. The molecule has 0 fully saturated rings. The van der Waals surface area contributed by atoms with Gasteiger partial charge in [-0.05, 0) is 26.0 Å². The van der Waals surface area contributed by atoms with E-state index in [0.29, 0.717) is 5.69 Å². The van der Waals surface area contributed by atoms with Crippen molar-refractivity contribution in [2.75, 3.05) is 0 Å². The van der Waals surface area contributed by atoms with E-state index in [1.54, 1.807) is 19.1 Å². The molecule has 0 bridgehead atoms. The number of aromatic nitrogens is 2. The van der Waals surface area contributed by atoms with Crippen LogP contribution >= 0.6 is 0 Å². The van der Waals surface area contributed by atoms with Crippen LogP contribution in [0.1, 0.15) is 36.8 Å². The van der Waals surface area contributed by atoms with E-state index in [9.17, 15) is 9.59 Å². The number of rotatable bonds is 2. The molecule has 0 aliphatic heterocycles. The molecule has 0 radical (unpaired) electrons. The monoisotopic (exact) mass is 246 g/mol. The minimum absolute atomic E-state index is 0.214. The molecule has 18 heavy (non-hydrogen) atoms. The van der Waals surface area contributed by atoms with Gasteiger partial charge in [0.25, 0.3) is 5.56 Å². The largest absolute Gasteiger partial charge is 0.295 e. The zero-order valence-corrected chi connectivity index (χ0v) is 11.2. The second-order valence-corrected chi connectivity index (χ2v) is 3.64. The predicted octanol–water partition coefficient (Wildman–Crippen LogP) is 2.70. The van der Waals surface area contributed by atoms with E-state index in [1.807, 2.05) is 32.0 Å².